The molecule has 0 spiro atoms. The third-order valence-corrected chi connectivity index (χ3v) is 3.55. The van der Waals surface area contributed by atoms with Gasteiger partial charge in [-0.3, -0.25) is 5.32 Å². The predicted octanol–water partition coefficient (Wildman–Crippen LogP) is 2.74. The average Bonchev–Trinajstić information content (AvgIpc) is 2.60. The maximum atomic E-state index is 11.8. The number of hydrogen-bond acceptors (Lipinski definition) is 6. The van der Waals surface area contributed by atoms with Crippen LogP contribution in [0.4, 0.5) is 10.7 Å². The largest absolute Gasteiger partial charge is 0.444 e. The molecule has 2 N–H and O–H groups in total. The Bertz CT molecular complexity index is 731. The highest BCUT2D eigenvalue weighted by atomic mass is 16.5. The number of aromatic nitrogens is 2. The number of benzene rings is 1. The maximum absolute atomic E-state index is 11.8. The molecular formula is C16H16N4O3. The third kappa shape index (κ3) is 3.63. The Balaban J connectivity index is 1.63. The average molecular weight is 312 g/mol. The van der Waals surface area contributed by atoms with Gasteiger partial charge in [-0.25, -0.2) is 14.8 Å². The lowest BCUT2D eigenvalue weighted by Crippen LogP contribution is -2.19. The first-order valence-electron chi connectivity index (χ1n) is 7.31. The smallest absolute Gasteiger partial charge is 0.414 e. The fourth-order valence-corrected chi connectivity index (χ4v) is 2.42. The van der Waals surface area contributed by atoms with Crippen molar-refractivity contribution in [2.75, 3.05) is 5.32 Å². The molecule has 1 aliphatic rings. The second-order valence-corrected chi connectivity index (χ2v) is 5.14. The SMILES string of the molecule is O=C(Nc1ncc2c(n1)CCC/C2=N/O)OCc1ccccc1. The van der Waals surface area contributed by atoms with E-state index < -0.39 is 6.09 Å². The van der Waals surface area contributed by atoms with Crippen molar-refractivity contribution in [3.05, 3.63) is 53.3 Å². The molecule has 0 atom stereocenters. The summed E-state index contributed by atoms with van der Waals surface area (Å²) in [6.07, 6.45) is 3.24. The van der Waals surface area contributed by atoms with Gasteiger partial charge in [0.05, 0.1) is 11.4 Å². The molecular weight excluding hydrogens is 296 g/mol. The number of carbonyl (C=O) groups is 1. The summed E-state index contributed by atoms with van der Waals surface area (Å²) >= 11 is 0. The van der Waals surface area contributed by atoms with Crippen LogP contribution in [0.25, 0.3) is 0 Å². The second kappa shape index (κ2) is 6.87. The van der Waals surface area contributed by atoms with Crippen LogP contribution in [0.3, 0.4) is 0 Å². The van der Waals surface area contributed by atoms with Gasteiger partial charge in [-0.1, -0.05) is 35.5 Å². The maximum Gasteiger partial charge on any atom is 0.414 e. The van der Waals surface area contributed by atoms with E-state index in [-0.39, 0.29) is 12.6 Å². The molecule has 0 unspecified atom stereocenters. The highest BCUT2D eigenvalue weighted by molar-refractivity contribution is 6.01. The third-order valence-electron chi connectivity index (χ3n) is 3.55. The molecule has 118 valence electrons. The van der Waals surface area contributed by atoms with Gasteiger partial charge in [0.25, 0.3) is 0 Å². The lowest BCUT2D eigenvalue weighted by Gasteiger charge is -2.16. The Labute approximate surface area is 133 Å². The van der Waals surface area contributed by atoms with E-state index >= 15 is 0 Å². The Morgan fingerprint density at radius 1 is 1.30 bits per heavy atom. The van der Waals surface area contributed by atoms with Gasteiger partial charge in [0.15, 0.2) is 0 Å². The molecule has 0 fully saturated rings. The van der Waals surface area contributed by atoms with Crippen LogP contribution in [0.5, 0.6) is 0 Å². The molecule has 1 aliphatic carbocycles. The number of nitrogens with one attached hydrogen (secondary N) is 1. The van der Waals surface area contributed by atoms with Crippen molar-refractivity contribution in [1.29, 1.82) is 0 Å². The molecule has 1 amide bonds. The first kappa shape index (κ1) is 15.0. The lowest BCUT2D eigenvalue weighted by molar-refractivity contribution is 0.155. The fourth-order valence-electron chi connectivity index (χ4n) is 2.42. The number of oxime groups is 1. The molecule has 0 saturated heterocycles. The van der Waals surface area contributed by atoms with Crippen LogP contribution in [0.2, 0.25) is 0 Å². The summed E-state index contributed by atoms with van der Waals surface area (Å²) < 4.78 is 5.12. The van der Waals surface area contributed by atoms with Crippen molar-refractivity contribution < 1.29 is 14.7 Å². The van der Waals surface area contributed by atoms with Gasteiger partial charge in [0, 0.05) is 11.8 Å². The first-order chi connectivity index (χ1) is 11.3. The van der Waals surface area contributed by atoms with E-state index in [4.69, 9.17) is 9.94 Å². The molecule has 0 radical (unpaired) electrons. The van der Waals surface area contributed by atoms with Crippen molar-refractivity contribution in [3.8, 4) is 0 Å². The number of ether oxygens (including phenoxy) is 1. The Hall–Kier alpha value is -2.96. The van der Waals surface area contributed by atoms with Crippen LogP contribution in [0, 0.1) is 0 Å². The van der Waals surface area contributed by atoms with Crippen LogP contribution in [0.1, 0.15) is 29.7 Å². The number of amides is 1. The molecule has 3 rings (SSSR count). The van der Waals surface area contributed by atoms with Gasteiger partial charge in [-0.2, -0.15) is 0 Å². The van der Waals surface area contributed by atoms with Crippen LogP contribution in [0.15, 0.2) is 41.7 Å². The summed E-state index contributed by atoms with van der Waals surface area (Å²) in [4.78, 5) is 20.2. The number of aryl methyl sites for hydroxylation is 1. The van der Waals surface area contributed by atoms with E-state index in [1.54, 1.807) is 6.20 Å². The van der Waals surface area contributed by atoms with Crippen molar-refractivity contribution >= 4 is 17.8 Å². The number of anilines is 1. The van der Waals surface area contributed by atoms with E-state index in [0.717, 1.165) is 29.7 Å². The molecule has 0 bridgehead atoms. The van der Waals surface area contributed by atoms with Crippen LogP contribution < -0.4 is 5.32 Å². The minimum atomic E-state index is -0.610. The summed E-state index contributed by atoms with van der Waals surface area (Å²) in [6.45, 7) is 0.179. The Morgan fingerprint density at radius 2 is 2.13 bits per heavy atom. The zero-order chi connectivity index (χ0) is 16.1. The number of hydrogen-bond donors (Lipinski definition) is 2. The Morgan fingerprint density at radius 3 is 2.91 bits per heavy atom. The molecule has 1 heterocycles. The second-order valence-electron chi connectivity index (χ2n) is 5.14. The summed E-state index contributed by atoms with van der Waals surface area (Å²) in [5, 5.41) is 14.7. The molecule has 1 aromatic carbocycles. The summed E-state index contributed by atoms with van der Waals surface area (Å²) in [6, 6.07) is 9.40. The zero-order valence-electron chi connectivity index (χ0n) is 12.4. The monoisotopic (exact) mass is 312 g/mol. The molecule has 2 aromatic rings. The van der Waals surface area contributed by atoms with Crippen molar-refractivity contribution in [1.82, 2.24) is 9.97 Å². The van der Waals surface area contributed by atoms with E-state index in [9.17, 15) is 4.79 Å². The normalized spacial score (nSPS) is 15.0. The predicted molar refractivity (Wildman–Crippen MR) is 83.5 cm³/mol. The van der Waals surface area contributed by atoms with Gasteiger partial charge in [-0.15, -0.1) is 0 Å². The van der Waals surface area contributed by atoms with E-state index in [2.05, 4.69) is 20.4 Å². The van der Waals surface area contributed by atoms with Gasteiger partial charge >= 0.3 is 6.09 Å². The van der Waals surface area contributed by atoms with Crippen LogP contribution in [-0.4, -0.2) is 27.0 Å². The topological polar surface area (TPSA) is 96.7 Å². The highest BCUT2D eigenvalue weighted by Gasteiger charge is 2.19. The number of fused-ring (bicyclic) bond motifs is 1. The van der Waals surface area contributed by atoms with E-state index in [1.165, 1.54) is 0 Å². The standard InChI is InChI=1S/C16H16N4O3/c21-16(23-10-11-5-2-1-3-6-11)19-15-17-9-12-13(18-15)7-4-8-14(12)20-22/h1-3,5-6,9,22H,4,7-8,10H2,(H,17,18,19,21)/b20-14-. The summed E-state index contributed by atoms with van der Waals surface area (Å²) in [7, 11) is 0. The van der Waals surface area contributed by atoms with Crippen LogP contribution >= 0.6 is 0 Å². The van der Waals surface area contributed by atoms with Gasteiger partial charge < -0.3 is 9.94 Å². The van der Waals surface area contributed by atoms with E-state index in [0.29, 0.717) is 12.1 Å². The molecule has 0 saturated carbocycles. The first-order valence-corrected chi connectivity index (χ1v) is 7.31. The Kier molecular flexibility index (Phi) is 4.46. The minimum absolute atomic E-state index is 0.179. The molecule has 1 aromatic heterocycles. The lowest BCUT2D eigenvalue weighted by atomic mass is 9.95. The summed E-state index contributed by atoms with van der Waals surface area (Å²) in [5.74, 6) is 0.181. The number of rotatable bonds is 3. The van der Waals surface area contributed by atoms with Crippen molar-refractivity contribution in [3.63, 3.8) is 0 Å². The molecule has 7 nitrogen and oxygen atoms in total. The van der Waals surface area contributed by atoms with Crippen molar-refractivity contribution in [2.24, 2.45) is 5.16 Å². The van der Waals surface area contributed by atoms with Crippen molar-refractivity contribution in [2.45, 2.75) is 25.9 Å². The highest BCUT2D eigenvalue weighted by Crippen LogP contribution is 2.20. The molecule has 0 aliphatic heterocycles. The van der Waals surface area contributed by atoms with Gasteiger partial charge in [0.2, 0.25) is 5.95 Å². The van der Waals surface area contributed by atoms with Gasteiger partial charge in [-0.05, 0) is 24.8 Å². The molecule has 23 heavy (non-hydrogen) atoms. The zero-order valence-corrected chi connectivity index (χ0v) is 12.4. The quantitative estimate of drug-likeness (QED) is 0.671. The van der Waals surface area contributed by atoms with E-state index in [1.807, 2.05) is 30.3 Å². The van der Waals surface area contributed by atoms with Crippen LogP contribution in [-0.2, 0) is 17.8 Å². The fraction of sp³-hybridized carbons (Fsp3) is 0.250. The number of carbonyl (C=O) groups excluding carboxylic acids is 1. The minimum Gasteiger partial charge on any atom is -0.444 e. The molecule has 7 heteroatoms. The van der Waals surface area contributed by atoms with Gasteiger partial charge in [0.1, 0.15) is 6.61 Å². The summed E-state index contributed by atoms with van der Waals surface area (Å²) in [5.41, 5.74) is 2.96. The number of nitrogens with zero attached hydrogens (tertiary/aromatic N) is 3.